The SMILES string of the molecule is O=C(c1cccc(Br)c1)N1CCN(c2nnc(C3CCCCC3)s2)CC1. The number of piperazine rings is 1. The van der Waals surface area contributed by atoms with Gasteiger partial charge in [0.05, 0.1) is 0 Å². The monoisotopic (exact) mass is 434 g/mol. The lowest BCUT2D eigenvalue weighted by molar-refractivity contribution is 0.0746. The van der Waals surface area contributed by atoms with E-state index in [9.17, 15) is 4.79 Å². The molecule has 1 saturated heterocycles. The molecule has 5 nitrogen and oxygen atoms in total. The minimum absolute atomic E-state index is 0.103. The maximum absolute atomic E-state index is 12.7. The molecule has 1 aliphatic carbocycles. The van der Waals surface area contributed by atoms with Crippen LogP contribution in [0.2, 0.25) is 0 Å². The molecule has 2 aromatic rings. The number of anilines is 1. The summed E-state index contributed by atoms with van der Waals surface area (Å²) in [7, 11) is 0. The molecule has 1 aromatic carbocycles. The minimum Gasteiger partial charge on any atom is -0.343 e. The number of carbonyl (C=O) groups is 1. The summed E-state index contributed by atoms with van der Waals surface area (Å²) in [4.78, 5) is 16.9. The van der Waals surface area contributed by atoms with E-state index in [1.807, 2.05) is 29.2 Å². The number of amides is 1. The van der Waals surface area contributed by atoms with Crippen LogP contribution >= 0.6 is 27.3 Å². The molecule has 26 heavy (non-hydrogen) atoms. The number of carbonyl (C=O) groups excluding carboxylic acids is 1. The first-order valence-corrected chi connectivity index (χ1v) is 10.9. The van der Waals surface area contributed by atoms with Gasteiger partial charge in [-0.25, -0.2) is 0 Å². The van der Waals surface area contributed by atoms with Crippen LogP contribution in [0.25, 0.3) is 0 Å². The maximum Gasteiger partial charge on any atom is 0.254 e. The summed E-state index contributed by atoms with van der Waals surface area (Å²) in [6.07, 6.45) is 6.50. The summed E-state index contributed by atoms with van der Waals surface area (Å²) >= 11 is 5.18. The Bertz CT molecular complexity index is 766. The second kappa shape index (κ2) is 8.05. The highest BCUT2D eigenvalue weighted by atomic mass is 79.9. The fourth-order valence-electron chi connectivity index (χ4n) is 3.77. The van der Waals surface area contributed by atoms with E-state index in [1.54, 1.807) is 11.3 Å². The van der Waals surface area contributed by atoms with E-state index in [0.29, 0.717) is 5.92 Å². The van der Waals surface area contributed by atoms with Crippen LogP contribution in [-0.4, -0.2) is 47.2 Å². The van der Waals surface area contributed by atoms with Crippen molar-refractivity contribution in [3.8, 4) is 0 Å². The van der Waals surface area contributed by atoms with Crippen molar-refractivity contribution in [2.45, 2.75) is 38.0 Å². The number of hydrogen-bond acceptors (Lipinski definition) is 5. The number of hydrogen-bond donors (Lipinski definition) is 0. The Labute approximate surface area is 166 Å². The molecule has 2 heterocycles. The van der Waals surface area contributed by atoms with Crippen LogP contribution in [0, 0.1) is 0 Å². The van der Waals surface area contributed by atoms with E-state index >= 15 is 0 Å². The Morgan fingerprint density at radius 3 is 2.58 bits per heavy atom. The van der Waals surface area contributed by atoms with Crippen LogP contribution in [0.15, 0.2) is 28.7 Å². The molecule has 1 aromatic heterocycles. The van der Waals surface area contributed by atoms with Gasteiger partial charge in [-0.2, -0.15) is 0 Å². The largest absolute Gasteiger partial charge is 0.343 e. The maximum atomic E-state index is 12.7. The summed E-state index contributed by atoms with van der Waals surface area (Å²) in [5, 5.41) is 11.1. The molecule has 0 radical (unpaired) electrons. The third-order valence-electron chi connectivity index (χ3n) is 5.29. The Kier molecular flexibility index (Phi) is 5.55. The average Bonchev–Trinajstić information content (AvgIpc) is 3.18. The minimum atomic E-state index is 0.103. The van der Waals surface area contributed by atoms with Gasteiger partial charge >= 0.3 is 0 Å². The van der Waals surface area contributed by atoms with Crippen LogP contribution in [0.4, 0.5) is 5.13 Å². The van der Waals surface area contributed by atoms with Gasteiger partial charge in [0.25, 0.3) is 5.91 Å². The highest BCUT2D eigenvalue weighted by Gasteiger charge is 2.26. The number of aromatic nitrogens is 2. The van der Waals surface area contributed by atoms with Crippen molar-refractivity contribution in [3.05, 3.63) is 39.3 Å². The average molecular weight is 435 g/mol. The molecule has 0 bridgehead atoms. The first-order valence-electron chi connectivity index (χ1n) is 9.34. The number of rotatable bonds is 3. The summed E-state index contributed by atoms with van der Waals surface area (Å²) in [5.74, 6) is 0.709. The standard InChI is InChI=1S/C19H23BrN4OS/c20-16-8-4-7-15(13-16)18(25)23-9-11-24(12-10-23)19-22-21-17(26-19)14-5-2-1-3-6-14/h4,7-8,13-14H,1-3,5-6,9-12H2. The Hall–Kier alpha value is -1.47. The predicted octanol–water partition coefficient (Wildman–Crippen LogP) is 4.31. The van der Waals surface area contributed by atoms with Crippen molar-refractivity contribution in [3.63, 3.8) is 0 Å². The van der Waals surface area contributed by atoms with Crippen LogP contribution in [-0.2, 0) is 0 Å². The van der Waals surface area contributed by atoms with Crippen LogP contribution in [0.1, 0.15) is 53.4 Å². The topological polar surface area (TPSA) is 49.3 Å². The summed E-state index contributed by atoms with van der Waals surface area (Å²) < 4.78 is 0.936. The normalized spacial score (nSPS) is 19.0. The second-order valence-electron chi connectivity index (χ2n) is 7.05. The molecule has 0 N–H and O–H groups in total. The van der Waals surface area contributed by atoms with Gasteiger partial charge in [-0.15, -0.1) is 10.2 Å². The molecule has 7 heteroatoms. The first-order chi connectivity index (χ1) is 12.7. The van der Waals surface area contributed by atoms with Crippen molar-refractivity contribution in [2.75, 3.05) is 31.1 Å². The van der Waals surface area contributed by atoms with Crippen molar-refractivity contribution < 1.29 is 4.79 Å². The highest BCUT2D eigenvalue weighted by Crippen LogP contribution is 2.36. The second-order valence-corrected chi connectivity index (χ2v) is 8.95. The van der Waals surface area contributed by atoms with E-state index < -0.39 is 0 Å². The van der Waals surface area contributed by atoms with E-state index in [1.165, 1.54) is 37.1 Å². The van der Waals surface area contributed by atoms with Gasteiger partial charge in [0, 0.05) is 42.1 Å². The molecule has 1 amide bonds. The quantitative estimate of drug-likeness (QED) is 0.721. The molecule has 2 aliphatic rings. The molecule has 0 atom stereocenters. The zero-order valence-electron chi connectivity index (χ0n) is 14.7. The lowest BCUT2D eigenvalue weighted by atomic mass is 9.90. The molecule has 0 spiro atoms. The number of nitrogens with zero attached hydrogens (tertiary/aromatic N) is 4. The Balaban J connectivity index is 1.36. The summed E-state index contributed by atoms with van der Waals surface area (Å²) in [6.45, 7) is 3.09. The Morgan fingerprint density at radius 1 is 1.08 bits per heavy atom. The van der Waals surface area contributed by atoms with Gasteiger partial charge in [-0.05, 0) is 31.0 Å². The van der Waals surface area contributed by atoms with Crippen molar-refractivity contribution in [2.24, 2.45) is 0 Å². The van der Waals surface area contributed by atoms with Gasteiger partial charge in [0.15, 0.2) is 0 Å². The van der Waals surface area contributed by atoms with E-state index in [0.717, 1.165) is 41.3 Å². The van der Waals surface area contributed by atoms with Gasteiger partial charge in [0.1, 0.15) is 5.01 Å². The first kappa shape index (κ1) is 17.9. The molecular weight excluding hydrogens is 412 g/mol. The number of benzene rings is 1. The smallest absolute Gasteiger partial charge is 0.254 e. The third-order valence-corrected chi connectivity index (χ3v) is 6.93. The van der Waals surface area contributed by atoms with E-state index in [2.05, 4.69) is 31.0 Å². The molecule has 2 fully saturated rings. The van der Waals surface area contributed by atoms with Gasteiger partial charge in [-0.3, -0.25) is 4.79 Å². The number of halogens is 1. The van der Waals surface area contributed by atoms with Crippen LogP contribution in [0.5, 0.6) is 0 Å². The van der Waals surface area contributed by atoms with Crippen LogP contribution in [0.3, 0.4) is 0 Å². The van der Waals surface area contributed by atoms with E-state index in [4.69, 9.17) is 0 Å². The Morgan fingerprint density at radius 2 is 1.85 bits per heavy atom. The van der Waals surface area contributed by atoms with Crippen molar-refractivity contribution >= 4 is 38.3 Å². The van der Waals surface area contributed by atoms with Gasteiger partial charge in [0.2, 0.25) is 5.13 Å². The lowest BCUT2D eigenvalue weighted by Gasteiger charge is -2.34. The zero-order valence-corrected chi connectivity index (χ0v) is 17.1. The van der Waals surface area contributed by atoms with E-state index in [-0.39, 0.29) is 5.91 Å². The van der Waals surface area contributed by atoms with Crippen molar-refractivity contribution in [1.29, 1.82) is 0 Å². The third kappa shape index (κ3) is 3.93. The molecule has 1 aliphatic heterocycles. The van der Waals surface area contributed by atoms with Gasteiger partial charge in [-0.1, -0.05) is 52.6 Å². The lowest BCUT2D eigenvalue weighted by Crippen LogP contribution is -2.48. The summed E-state index contributed by atoms with van der Waals surface area (Å²) in [5.41, 5.74) is 0.739. The van der Waals surface area contributed by atoms with Crippen molar-refractivity contribution in [1.82, 2.24) is 15.1 Å². The van der Waals surface area contributed by atoms with Crippen LogP contribution < -0.4 is 4.90 Å². The molecule has 0 unspecified atom stereocenters. The highest BCUT2D eigenvalue weighted by molar-refractivity contribution is 9.10. The fraction of sp³-hybridized carbons (Fsp3) is 0.526. The van der Waals surface area contributed by atoms with Gasteiger partial charge < -0.3 is 9.80 Å². The molecular formula is C19H23BrN4OS. The summed E-state index contributed by atoms with van der Waals surface area (Å²) in [6, 6.07) is 7.60. The molecule has 4 rings (SSSR count). The zero-order chi connectivity index (χ0) is 17.9. The molecule has 138 valence electrons. The molecule has 1 saturated carbocycles. The predicted molar refractivity (Wildman–Crippen MR) is 108 cm³/mol. The fourth-order valence-corrected chi connectivity index (χ4v) is 5.24.